The molecule has 0 bridgehead atoms. The molecular formula is C19H21N3S. The topological polar surface area (TPSA) is 19.4 Å². The Bertz CT molecular complexity index is 818. The predicted octanol–water partition coefficient (Wildman–Crippen LogP) is 4.02. The Kier molecular flexibility index (Phi) is 3.79. The first-order chi connectivity index (χ1) is 11.2. The van der Waals surface area contributed by atoms with E-state index in [0.29, 0.717) is 0 Å². The lowest BCUT2D eigenvalue weighted by Crippen LogP contribution is -2.44. The predicted molar refractivity (Wildman–Crippen MR) is 99.5 cm³/mol. The molecule has 0 radical (unpaired) electrons. The Hall–Kier alpha value is -1.91. The van der Waals surface area contributed by atoms with Crippen LogP contribution >= 0.6 is 11.3 Å². The number of pyridine rings is 1. The number of thiophene rings is 1. The lowest BCUT2D eigenvalue weighted by atomic mass is 10.1. The van der Waals surface area contributed by atoms with Crippen LogP contribution < -0.4 is 4.90 Å². The summed E-state index contributed by atoms with van der Waals surface area (Å²) in [5.74, 6) is 1.14. The van der Waals surface area contributed by atoms with E-state index in [4.69, 9.17) is 4.98 Å². The molecule has 23 heavy (non-hydrogen) atoms. The molecular weight excluding hydrogens is 302 g/mol. The molecule has 0 spiro atoms. The summed E-state index contributed by atoms with van der Waals surface area (Å²) in [7, 11) is 2.19. The van der Waals surface area contributed by atoms with Crippen LogP contribution in [0, 0.1) is 6.92 Å². The number of aromatic nitrogens is 1. The lowest BCUT2D eigenvalue weighted by Gasteiger charge is -2.34. The molecule has 118 valence electrons. The van der Waals surface area contributed by atoms with Gasteiger partial charge >= 0.3 is 0 Å². The Balaban J connectivity index is 1.86. The summed E-state index contributed by atoms with van der Waals surface area (Å²) in [4.78, 5) is 11.1. The van der Waals surface area contributed by atoms with Crippen molar-refractivity contribution < 1.29 is 0 Å². The van der Waals surface area contributed by atoms with Gasteiger partial charge in [-0.25, -0.2) is 4.98 Å². The van der Waals surface area contributed by atoms with Gasteiger partial charge in [0, 0.05) is 31.6 Å². The van der Waals surface area contributed by atoms with Gasteiger partial charge in [-0.15, -0.1) is 11.3 Å². The number of aryl methyl sites for hydroxylation is 1. The number of rotatable bonds is 2. The summed E-state index contributed by atoms with van der Waals surface area (Å²) >= 11 is 1.76. The van der Waals surface area contributed by atoms with E-state index in [1.807, 2.05) is 0 Å². The van der Waals surface area contributed by atoms with Crippen LogP contribution in [-0.2, 0) is 0 Å². The molecule has 4 heteroatoms. The summed E-state index contributed by atoms with van der Waals surface area (Å²) in [6, 6.07) is 13.2. The Morgan fingerprint density at radius 1 is 1.04 bits per heavy atom. The van der Waals surface area contributed by atoms with E-state index >= 15 is 0 Å². The van der Waals surface area contributed by atoms with Crippen LogP contribution in [-0.4, -0.2) is 43.1 Å². The van der Waals surface area contributed by atoms with Gasteiger partial charge in [0.2, 0.25) is 0 Å². The van der Waals surface area contributed by atoms with Crippen molar-refractivity contribution >= 4 is 27.9 Å². The fourth-order valence-electron chi connectivity index (χ4n) is 3.17. The van der Waals surface area contributed by atoms with Gasteiger partial charge < -0.3 is 9.80 Å². The average Bonchev–Trinajstić information content (AvgIpc) is 3.09. The van der Waals surface area contributed by atoms with Crippen LogP contribution in [0.4, 0.5) is 5.82 Å². The van der Waals surface area contributed by atoms with Gasteiger partial charge in [0.1, 0.15) is 5.82 Å². The molecule has 0 unspecified atom stereocenters. The first kappa shape index (κ1) is 14.7. The fourth-order valence-corrected chi connectivity index (χ4v) is 3.86. The zero-order valence-corrected chi connectivity index (χ0v) is 14.4. The van der Waals surface area contributed by atoms with Crippen molar-refractivity contribution in [1.82, 2.24) is 9.88 Å². The minimum atomic E-state index is 1.04. The van der Waals surface area contributed by atoms with Gasteiger partial charge in [-0.2, -0.15) is 0 Å². The average molecular weight is 323 g/mol. The van der Waals surface area contributed by atoms with Crippen molar-refractivity contribution in [2.24, 2.45) is 0 Å². The second-order valence-electron chi connectivity index (χ2n) is 6.32. The van der Waals surface area contributed by atoms with Gasteiger partial charge in [0.05, 0.1) is 10.6 Å². The van der Waals surface area contributed by atoms with E-state index in [0.717, 1.165) is 37.7 Å². The molecule has 1 saturated heterocycles. The highest BCUT2D eigenvalue weighted by Gasteiger charge is 2.19. The van der Waals surface area contributed by atoms with Crippen molar-refractivity contribution in [2.45, 2.75) is 6.92 Å². The molecule has 0 atom stereocenters. The van der Waals surface area contributed by atoms with Crippen LogP contribution in [0.25, 0.3) is 21.3 Å². The van der Waals surface area contributed by atoms with Gasteiger partial charge in [0.15, 0.2) is 0 Å². The molecule has 1 aromatic carbocycles. The van der Waals surface area contributed by atoms with E-state index in [1.54, 1.807) is 11.3 Å². The second-order valence-corrected chi connectivity index (χ2v) is 7.27. The molecule has 0 saturated carbocycles. The molecule has 2 aromatic heterocycles. The SMILES string of the molecule is Cc1ccc2c(N3CCN(C)CC3)nc(-c3cccs3)cc2c1. The number of hydrogen-bond donors (Lipinski definition) is 0. The number of likely N-dealkylation sites (N-methyl/N-ethyl adjacent to an activating group) is 1. The highest BCUT2D eigenvalue weighted by atomic mass is 32.1. The first-order valence-electron chi connectivity index (χ1n) is 8.09. The van der Waals surface area contributed by atoms with Crippen molar-refractivity contribution in [3.63, 3.8) is 0 Å². The van der Waals surface area contributed by atoms with E-state index in [1.165, 1.54) is 21.2 Å². The monoisotopic (exact) mass is 323 g/mol. The molecule has 1 aliphatic heterocycles. The molecule has 0 amide bonds. The van der Waals surface area contributed by atoms with E-state index in [9.17, 15) is 0 Å². The number of benzene rings is 1. The summed E-state index contributed by atoms with van der Waals surface area (Å²) < 4.78 is 0. The van der Waals surface area contributed by atoms with Crippen molar-refractivity contribution in [1.29, 1.82) is 0 Å². The van der Waals surface area contributed by atoms with E-state index in [2.05, 4.69) is 65.5 Å². The number of anilines is 1. The second kappa shape index (κ2) is 5.95. The number of nitrogens with zero attached hydrogens (tertiary/aromatic N) is 3. The smallest absolute Gasteiger partial charge is 0.137 e. The zero-order chi connectivity index (χ0) is 15.8. The van der Waals surface area contributed by atoms with Crippen molar-refractivity contribution in [2.75, 3.05) is 38.1 Å². The Morgan fingerprint density at radius 2 is 1.87 bits per heavy atom. The van der Waals surface area contributed by atoms with Crippen LogP contribution in [0.1, 0.15) is 5.56 Å². The maximum Gasteiger partial charge on any atom is 0.137 e. The number of fused-ring (bicyclic) bond motifs is 1. The third-order valence-electron chi connectivity index (χ3n) is 4.54. The standard InChI is InChI=1S/C19H21N3S/c1-14-5-6-16-15(12-14)13-17(18-4-3-11-23-18)20-19(16)22-9-7-21(2)8-10-22/h3-6,11-13H,7-10H2,1-2H3. The molecule has 3 heterocycles. The maximum absolute atomic E-state index is 5.04. The van der Waals surface area contributed by atoms with Crippen LogP contribution in [0.2, 0.25) is 0 Å². The quantitative estimate of drug-likeness (QED) is 0.710. The van der Waals surface area contributed by atoms with Crippen molar-refractivity contribution in [3.05, 3.63) is 47.3 Å². The Morgan fingerprint density at radius 3 is 2.61 bits per heavy atom. The minimum absolute atomic E-state index is 1.04. The molecule has 1 fully saturated rings. The lowest BCUT2D eigenvalue weighted by molar-refractivity contribution is 0.312. The Labute approximate surface area is 141 Å². The first-order valence-corrected chi connectivity index (χ1v) is 8.97. The molecule has 3 nitrogen and oxygen atoms in total. The third kappa shape index (κ3) is 2.84. The van der Waals surface area contributed by atoms with Crippen LogP contribution in [0.3, 0.4) is 0 Å². The largest absolute Gasteiger partial charge is 0.354 e. The van der Waals surface area contributed by atoms with Crippen molar-refractivity contribution in [3.8, 4) is 10.6 Å². The number of hydrogen-bond acceptors (Lipinski definition) is 4. The summed E-state index contributed by atoms with van der Waals surface area (Å²) in [6.45, 7) is 6.43. The zero-order valence-electron chi connectivity index (χ0n) is 13.6. The van der Waals surface area contributed by atoms with E-state index < -0.39 is 0 Å². The van der Waals surface area contributed by atoms with Crippen LogP contribution in [0.15, 0.2) is 41.8 Å². The molecule has 1 aliphatic rings. The molecule has 0 aliphatic carbocycles. The summed E-state index contributed by atoms with van der Waals surface area (Å²) in [5, 5.41) is 4.67. The van der Waals surface area contributed by atoms with Gasteiger partial charge in [-0.3, -0.25) is 0 Å². The normalized spacial score (nSPS) is 16.2. The summed E-state index contributed by atoms with van der Waals surface area (Å²) in [5.41, 5.74) is 2.39. The molecule has 0 N–H and O–H groups in total. The van der Waals surface area contributed by atoms with Gasteiger partial charge in [-0.05, 0) is 36.9 Å². The fraction of sp³-hybridized carbons (Fsp3) is 0.316. The maximum atomic E-state index is 5.04. The highest BCUT2D eigenvalue weighted by Crippen LogP contribution is 2.32. The highest BCUT2D eigenvalue weighted by molar-refractivity contribution is 7.13. The summed E-state index contributed by atoms with van der Waals surface area (Å²) in [6.07, 6.45) is 0. The third-order valence-corrected chi connectivity index (χ3v) is 5.44. The van der Waals surface area contributed by atoms with Gasteiger partial charge in [0.25, 0.3) is 0 Å². The number of piperazine rings is 1. The molecule has 3 aromatic rings. The van der Waals surface area contributed by atoms with Crippen LogP contribution in [0.5, 0.6) is 0 Å². The van der Waals surface area contributed by atoms with Gasteiger partial charge in [-0.1, -0.05) is 29.8 Å². The minimum Gasteiger partial charge on any atom is -0.354 e. The molecule has 4 rings (SSSR count). The van der Waals surface area contributed by atoms with E-state index in [-0.39, 0.29) is 0 Å².